The third kappa shape index (κ3) is 6.76. The summed E-state index contributed by atoms with van der Waals surface area (Å²) in [5.74, 6) is 0.786. The first kappa shape index (κ1) is 23.7. The van der Waals surface area contributed by atoms with Crippen LogP contribution in [-0.4, -0.2) is 38.5 Å². The number of thioether (sulfide) groups is 1. The molecule has 1 amide bonds. The van der Waals surface area contributed by atoms with E-state index in [0.717, 1.165) is 16.2 Å². The van der Waals surface area contributed by atoms with Gasteiger partial charge in [0.15, 0.2) is 11.6 Å². The van der Waals surface area contributed by atoms with Crippen LogP contribution in [-0.2, 0) is 21.9 Å². The van der Waals surface area contributed by atoms with E-state index in [4.69, 9.17) is 0 Å². The van der Waals surface area contributed by atoms with Gasteiger partial charge in [-0.1, -0.05) is 37.3 Å². The molecule has 0 bridgehead atoms. The molecule has 3 rings (SSSR count). The van der Waals surface area contributed by atoms with E-state index >= 15 is 0 Å². The Bertz CT molecular complexity index is 1070. The van der Waals surface area contributed by atoms with Crippen molar-refractivity contribution in [2.45, 2.75) is 31.7 Å². The Kier molecular flexibility index (Phi) is 9.00. The van der Waals surface area contributed by atoms with Gasteiger partial charge in [0.05, 0.1) is 24.4 Å². The van der Waals surface area contributed by atoms with E-state index in [1.54, 1.807) is 11.7 Å². The van der Waals surface area contributed by atoms with Gasteiger partial charge in [-0.25, -0.2) is 4.98 Å². The zero-order valence-corrected chi connectivity index (χ0v) is 19.3. The molecule has 32 heavy (non-hydrogen) atoms. The molecule has 8 nitrogen and oxygen atoms in total. The Morgan fingerprint density at radius 2 is 2.06 bits per heavy atom. The lowest BCUT2D eigenvalue weighted by atomic mass is 10.2. The maximum Gasteiger partial charge on any atom is 0.294 e. The van der Waals surface area contributed by atoms with E-state index in [2.05, 4.69) is 20.6 Å². The summed E-state index contributed by atoms with van der Waals surface area (Å²) in [5, 5.41) is 5.67. The molecule has 0 spiro atoms. The number of hydrogen-bond donors (Lipinski definition) is 2. The van der Waals surface area contributed by atoms with Gasteiger partial charge < -0.3 is 10.6 Å². The van der Waals surface area contributed by atoms with Crippen molar-refractivity contribution in [3.63, 3.8) is 0 Å². The van der Waals surface area contributed by atoms with Crippen LogP contribution in [0.15, 0.2) is 59.2 Å². The molecule has 3 aromatic rings. The fourth-order valence-corrected chi connectivity index (χ4v) is 4.41. The fourth-order valence-electron chi connectivity index (χ4n) is 3.01. The van der Waals surface area contributed by atoms with Gasteiger partial charge in [-0.2, -0.15) is 0 Å². The van der Waals surface area contributed by atoms with Crippen LogP contribution >= 0.6 is 23.1 Å². The fraction of sp³-hybridized carbons (Fsp3) is 0.318. The summed E-state index contributed by atoms with van der Waals surface area (Å²) >= 11 is 2.98. The Labute approximate surface area is 194 Å². The van der Waals surface area contributed by atoms with Crippen molar-refractivity contribution in [2.75, 3.05) is 17.6 Å². The Balaban J connectivity index is 1.52. The van der Waals surface area contributed by atoms with Crippen LogP contribution in [0.1, 0.15) is 29.8 Å². The largest absolute Gasteiger partial charge is 0.361 e. The minimum atomic E-state index is -0.723. The van der Waals surface area contributed by atoms with Gasteiger partial charge in [-0.3, -0.25) is 23.9 Å². The van der Waals surface area contributed by atoms with Crippen molar-refractivity contribution in [3.05, 3.63) is 75.2 Å². The summed E-state index contributed by atoms with van der Waals surface area (Å²) in [4.78, 5) is 46.8. The zero-order valence-electron chi connectivity index (χ0n) is 17.7. The normalized spacial score (nSPS) is 11.7. The number of carbonyl (C=O) groups is 2. The molecule has 1 aromatic carbocycles. The second-order valence-corrected chi connectivity index (χ2v) is 8.92. The summed E-state index contributed by atoms with van der Waals surface area (Å²) in [6.45, 7) is 2.18. The van der Waals surface area contributed by atoms with E-state index in [0.29, 0.717) is 18.7 Å². The van der Waals surface area contributed by atoms with Gasteiger partial charge in [-0.05, 0) is 12.0 Å². The summed E-state index contributed by atoms with van der Waals surface area (Å²) in [7, 11) is 0. The highest BCUT2D eigenvalue weighted by molar-refractivity contribution is 7.99. The van der Waals surface area contributed by atoms with Gasteiger partial charge in [0, 0.05) is 29.2 Å². The molecule has 1 unspecified atom stereocenters. The molecular formula is C22H25N5O3S2. The average Bonchev–Trinajstić information content (AvgIpc) is 3.33. The van der Waals surface area contributed by atoms with Crippen molar-refractivity contribution in [3.8, 4) is 0 Å². The van der Waals surface area contributed by atoms with Crippen LogP contribution in [0.2, 0.25) is 0 Å². The van der Waals surface area contributed by atoms with Crippen LogP contribution in [0.25, 0.3) is 0 Å². The van der Waals surface area contributed by atoms with Gasteiger partial charge in [-0.15, -0.1) is 23.1 Å². The van der Waals surface area contributed by atoms with E-state index in [-0.39, 0.29) is 29.6 Å². The molecule has 0 aliphatic carbocycles. The monoisotopic (exact) mass is 471 g/mol. The molecule has 2 N–H and O–H groups in total. The predicted molar refractivity (Wildman–Crippen MR) is 128 cm³/mol. The Morgan fingerprint density at radius 3 is 2.78 bits per heavy atom. The third-order valence-electron chi connectivity index (χ3n) is 4.64. The highest BCUT2D eigenvalue weighted by Crippen LogP contribution is 2.13. The lowest BCUT2D eigenvalue weighted by Crippen LogP contribution is -2.40. The van der Waals surface area contributed by atoms with Gasteiger partial charge >= 0.3 is 0 Å². The number of ketones is 1. The lowest BCUT2D eigenvalue weighted by molar-refractivity contribution is -0.127. The average molecular weight is 472 g/mol. The standard InChI is InChI=1S/C22H25N5O3S2/c1-2-19(21(29)26-10-17(28)14-31-13-16-6-4-3-5-7-16)27-9-8-24-20(22(27)30)25-12-18-11-23-15-32-18/h3-9,11,15,19H,2,10,12-14H2,1H3,(H,24,25)(H,26,29). The van der Waals surface area contributed by atoms with Crippen molar-refractivity contribution >= 4 is 40.6 Å². The van der Waals surface area contributed by atoms with E-state index in [1.165, 1.54) is 40.1 Å². The van der Waals surface area contributed by atoms with Crippen molar-refractivity contribution < 1.29 is 9.59 Å². The number of thiazole rings is 1. The number of rotatable bonds is 12. The van der Waals surface area contributed by atoms with E-state index in [9.17, 15) is 14.4 Å². The number of anilines is 1. The Hall–Kier alpha value is -2.98. The molecule has 0 saturated carbocycles. The number of nitrogens with zero attached hydrogens (tertiary/aromatic N) is 3. The SMILES string of the molecule is CCC(C(=O)NCC(=O)CSCc1ccccc1)n1ccnc(NCc2cncs2)c1=O. The van der Waals surface area contributed by atoms with Crippen LogP contribution in [0, 0.1) is 0 Å². The van der Waals surface area contributed by atoms with Crippen molar-refractivity contribution in [1.29, 1.82) is 0 Å². The topological polar surface area (TPSA) is 106 Å². The maximum atomic E-state index is 12.8. The van der Waals surface area contributed by atoms with E-state index < -0.39 is 6.04 Å². The van der Waals surface area contributed by atoms with Crippen LogP contribution in [0.4, 0.5) is 5.82 Å². The second-order valence-electron chi connectivity index (χ2n) is 6.97. The molecule has 168 valence electrons. The first-order valence-corrected chi connectivity index (χ1v) is 12.2. The molecule has 0 aliphatic heterocycles. The summed E-state index contributed by atoms with van der Waals surface area (Å²) in [6, 6.07) is 9.18. The van der Waals surface area contributed by atoms with Crippen LogP contribution in [0.5, 0.6) is 0 Å². The number of Topliss-reactive ketones (excluding diaryl/α,β-unsaturated/α-hetero) is 1. The number of nitrogens with one attached hydrogen (secondary N) is 2. The molecule has 0 saturated heterocycles. The molecule has 0 aliphatic rings. The van der Waals surface area contributed by atoms with Crippen LogP contribution < -0.4 is 16.2 Å². The van der Waals surface area contributed by atoms with E-state index in [1.807, 2.05) is 37.3 Å². The van der Waals surface area contributed by atoms with Crippen LogP contribution in [0.3, 0.4) is 0 Å². The maximum absolute atomic E-state index is 12.8. The summed E-state index contributed by atoms with van der Waals surface area (Å²) < 4.78 is 1.35. The highest BCUT2D eigenvalue weighted by atomic mass is 32.2. The molecule has 1 atom stereocenters. The first-order valence-electron chi connectivity index (χ1n) is 10.2. The Morgan fingerprint density at radius 1 is 1.25 bits per heavy atom. The molecule has 2 aromatic heterocycles. The predicted octanol–water partition coefficient (Wildman–Crippen LogP) is 2.88. The number of amides is 1. The molecule has 10 heteroatoms. The molecule has 0 radical (unpaired) electrons. The summed E-state index contributed by atoms with van der Waals surface area (Å²) in [6.07, 6.45) is 5.10. The van der Waals surface area contributed by atoms with Gasteiger partial charge in [0.2, 0.25) is 5.91 Å². The quantitative estimate of drug-likeness (QED) is 0.418. The summed E-state index contributed by atoms with van der Waals surface area (Å²) in [5.41, 5.74) is 2.48. The van der Waals surface area contributed by atoms with Gasteiger partial charge in [0.1, 0.15) is 6.04 Å². The molecule has 2 heterocycles. The minimum absolute atomic E-state index is 0.0621. The molecule has 0 fully saturated rings. The smallest absolute Gasteiger partial charge is 0.294 e. The van der Waals surface area contributed by atoms with Crippen molar-refractivity contribution in [2.24, 2.45) is 0 Å². The number of aromatic nitrogens is 3. The minimum Gasteiger partial charge on any atom is -0.361 e. The number of carbonyl (C=O) groups excluding carboxylic acids is 2. The molecular weight excluding hydrogens is 446 g/mol. The number of benzene rings is 1. The third-order valence-corrected chi connectivity index (χ3v) is 6.48. The second kappa shape index (κ2) is 12.2. The lowest BCUT2D eigenvalue weighted by Gasteiger charge is -2.18. The highest BCUT2D eigenvalue weighted by Gasteiger charge is 2.21. The van der Waals surface area contributed by atoms with Gasteiger partial charge in [0.25, 0.3) is 5.56 Å². The number of hydrogen-bond acceptors (Lipinski definition) is 8. The zero-order chi connectivity index (χ0) is 22.8. The van der Waals surface area contributed by atoms with Crippen molar-refractivity contribution in [1.82, 2.24) is 19.9 Å². The first-order chi connectivity index (χ1) is 15.6.